The first kappa shape index (κ1) is 18.8. The fraction of sp³-hybridized carbons (Fsp3) is 0.643. The number of aliphatic carboxylic acids is 1. The Labute approximate surface area is 145 Å². The number of hydrogen-bond acceptors (Lipinski definition) is 6. The van der Waals surface area contributed by atoms with Gasteiger partial charge in [0.25, 0.3) is 5.91 Å². The highest BCUT2D eigenvalue weighted by atomic mass is 32.2. The summed E-state index contributed by atoms with van der Waals surface area (Å²) >= 11 is 1.18. The molecule has 0 atom stereocenters. The topological polar surface area (TPSA) is 108 Å². The third kappa shape index (κ3) is 4.11. The number of rotatable bonds is 6. The number of aromatic nitrogens is 1. The number of thiazole rings is 1. The van der Waals surface area contributed by atoms with Crippen molar-refractivity contribution >= 4 is 33.2 Å². The minimum Gasteiger partial charge on any atom is -0.480 e. The summed E-state index contributed by atoms with van der Waals surface area (Å²) in [7, 11) is -3.26. The summed E-state index contributed by atoms with van der Waals surface area (Å²) < 4.78 is 25.2. The summed E-state index contributed by atoms with van der Waals surface area (Å²) in [6.07, 6.45) is 0.853. The van der Waals surface area contributed by atoms with Gasteiger partial charge in [0.1, 0.15) is 11.4 Å². The van der Waals surface area contributed by atoms with E-state index in [2.05, 4.69) is 4.98 Å². The van der Waals surface area contributed by atoms with E-state index in [0.29, 0.717) is 36.5 Å². The van der Waals surface area contributed by atoms with Crippen molar-refractivity contribution in [1.82, 2.24) is 14.2 Å². The maximum Gasteiger partial charge on any atom is 0.323 e. The molecule has 24 heavy (non-hydrogen) atoms. The Morgan fingerprint density at radius 2 is 2.04 bits per heavy atom. The summed E-state index contributed by atoms with van der Waals surface area (Å²) in [5.74, 6) is -1.40. The molecule has 0 saturated carbocycles. The van der Waals surface area contributed by atoms with Gasteiger partial charge in [-0.2, -0.15) is 0 Å². The van der Waals surface area contributed by atoms with E-state index in [1.54, 1.807) is 19.4 Å². The maximum atomic E-state index is 12.7. The molecule has 1 fully saturated rings. The molecule has 2 heterocycles. The molecule has 0 spiro atoms. The van der Waals surface area contributed by atoms with Crippen molar-refractivity contribution in [2.75, 3.05) is 25.4 Å². The van der Waals surface area contributed by atoms with Gasteiger partial charge in [-0.25, -0.2) is 17.7 Å². The van der Waals surface area contributed by atoms with Gasteiger partial charge in [0.2, 0.25) is 10.0 Å². The van der Waals surface area contributed by atoms with Gasteiger partial charge in [-0.3, -0.25) is 9.59 Å². The van der Waals surface area contributed by atoms with Gasteiger partial charge in [0.05, 0.1) is 17.0 Å². The third-order valence-electron chi connectivity index (χ3n) is 4.13. The average molecular weight is 375 g/mol. The molecule has 134 valence electrons. The highest BCUT2D eigenvalue weighted by molar-refractivity contribution is 7.89. The van der Waals surface area contributed by atoms with Gasteiger partial charge in [-0.15, -0.1) is 11.3 Å². The van der Waals surface area contributed by atoms with Gasteiger partial charge in [-0.05, 0) is 26.7 Å². The number of amides is 1. The molecule has 1 aromatic rings. The zero-order valence-corrected chi connectivity index (χ0v) is 15.3. The van der Waals surface area contributed by atoms with Crippen molar-refractivity contribution in [2.45, 2.75) is 32.7 Å². The number of carbonyl (C=O) groups is 2. The molecule has 0 bridgehead atoms. The fourth-order valence-corrected chi connectivity index (χ4v) is 4.65. The predicted molar refractivity (Wildman–Crippen MR) is 89.6 cm³/mol. The Bertz CT molecular complexity index is 708. The molecule has 8 nitrogen and oxygen atoms in total. The van der Waals surface area contributed by atoms with Crippen molar-refractivity contribution in [3.05, 3.63) is 16.1 Å². The summed E-state index contributed by atoms with van der Waals surface area (Å²) in [5.41, 5.74) is 2.13. The Hall–Kier alpha value is -1.52. The molecule has 1 aliphatic heterocycles. The van der Waals surface area contributed by atoms with Gasteiger partial charge in [0.15, 0.2) is 0 Å². The molecule has 0 unspecified atom stereocenters. The molecule has 1 N–H and O–H groups in total. The van der Waals surface area contributed by atoms with E-state index in [1.165, 1.54) is 20.5 Å². The van der Waals surface area contributed by atoms with Crippen LogP contribution in [0.3, 0.4) is 0 Å². The van der Waals surface area contributed by atoms with Crippen LogP contribution in [0.2, 0.25) is 0 Å². The van der Waals surface area contributed by atoms with Crippen LogP contribution in [0.5, 0.6) is 0 Å². The van der Waals surface area contributed by atoms with E-state index in [0.717, 1.165) is 0 Å². The van der Waals surface area contributed by atoms with Gasteiger partial charge >= 0.3 is 5.97 Å². The maximum absolute atomic E-state index is 12.7. The lowest BCUT2D eigenvalue weighted by molar-refractivity contribution is -0.138. The second-order valence-electron chi connectivity index (χ2n) is 5.62. The molecule has 0 aromatic carbocycles. The minimum atomic E-state index is -3.26. The molecule has 1 saturated heterocycles. The van der Waals surface area contributed by atoms with E-state index in [-0.39, 0.29) is 17.7 Å². The number of carboxylic acid groups (broad SMARTS) is 1. The molecule has 1 aliphatic rings. The van der Waals surface area contributed by atoms with Crippen LogP contribution in [0.25, 0.3) is 0 Å². The third-order valence-corrected chi connectivity index (χ3v) is 6.93. The molecule has 10 heteroatoms. The standard InChI is InChI=1S/C14H21N3O5S2/c1-3-24(21,22)16-6-4-11(5-7-16)17(8-12(18)19)14(20)13-10(2)15-9-23-13/h9,11H,3-8H2,1-2H3,(H,18,19). The number of carbonyl (C=O) groups excluding carboxylic acids is 1. The lowest BCUT2D eigenvalue weighted by Crippen LogP contribution is -2.50. The van der Waals surface area contributed by atoms with Crippen LogP contribution < -0.4 is 0 Å². The summed E-state index contributed by atoms with van der Waals surface area (Å²) in [6.45, 7) is 3.49. The number of carboxylic acids is 1. The van der Waals surface area contributed by atoms with Crippen LogP contribution in [0.15, 0.2) is 5.51 Å². The van der Waals surface area contributed by atoms with Crippen molar-refractivity contribution in [1.29, 1.82) is 0 Å². The highest BCUT2D eigenvalue weighted by Gasteiger charge is 2.34. The zero-order valence-electron chi connectivity index (χ0n) is 13.6. The Kier molecular flexibility index (Phi) is 5.94. The van der Waals surface area contributed by atoms with Crippen LogP contribution in [-0.2, 0) is 14.8 Å². The summed E-state index contributed by atoms with van der Waals surface area (Å²) in [5, 5.41) is 9.14. The molecular formula is C14H21N3O5S2. The Morgan fingerprint density at radius 1 is 1.42 bits per heavy atom. The first-order valence-electron chi connectivity index (χ1n) is 7.67. The highest BCUT2D eigenvalue weighted by Crippen LogP contribution is 2.23. The van der Waals surface area contributed by atoms with Crippen molar-refractivity contribution in [2.24, 2.45) is 0 Å². The van der Waals surface area contributed by atoms with Crippen LogP contribution in [0.1, 0.15) is 35.1 Å². The molecule has 0 aliphatic carbocycles. The van der Waals surface area contributed by atoms with Gasteiger partial charge in [-0.1, -0.05) is 0 Å². The second-order valence-corrected chi connectivity index (χ2v) is 8.74. The quantitative estimate of drug-likeness (QED) is 0.788. The van der Waals surface area contributed by atoms with Crippen LogP contribution in [0.4, 0.5) is 0 Å². The summed E-state index contributed by atoms with van der Waals surface area (Å²) in [6, 6.07) is -0.293. The van der Waals surface area contributed by atoms with Crippen LogP contribution in [-0.4, -0.2) is 71.0 Å². The zero-order chi connectivity index (χ0) is 17.9. The first-order chi connectivity index (χ1) is 11.3. The fourth-order valence-electron chi connectivity index (χ4n) is 2.76. The van der Waals surface area contributed by atoms with Gasteiger partial charge < -0.3 is 10.0 Å². The second kappa shape index (κ2) is 7.58. The monoisotopic (exact) mass is 375 g/mol. The number of piperidine rings is 1. The van der Waals surface area contributed by atoms with E-state index in [9.17, 15) is 18.0 Å². The first-order valence-corrected chi connectivity index (χ1v) is 10.2. The number of aryl methyl sites for hydroxylation is 1. The number of nitrogens with zero attached hydrogens (tertiary/aromatic N) is 3. The smallest absolute Gasteiger partial charge is 0.323 e. The molecular weight excluding hydrogens is 354 g/mol. The lowest BCUT2D eigenvalue weighted by atomic mass is 10.0. The van der Waals surface area contributed by atoms with E-state index < -0.39 is 22.5 Å². The molecule has 0 radical (unpaired) electrons. The number of hydrogen-bond donors (Lipinski definition) is 1. The number of sulfonamides is 1. The molecule has 2 rings (SSSR count). The molecule has 1 amide bonds. The Balaban J connectivity index is 2.14. The van der Waals surface area contributed by atoms with Crippen LogP contribution >= 0.6 is 11.3 Å². The lowest BCUT2D eigenvalue weighted by Gasteiger charge is -2.37. The van der Waals surface area contributed by atoms with Crippen molar-refractivity contribution in [3.8, 4) is 0 Å². The van der Waals surface area contributed by atoms with E-state index in [1.807, 2.05) is 0 Å². The van der Waals surface area contributed by atoms with Gasteiger partial charge in [0, 0.05) is 19.1 Å². The largest absolute Gasteiger partial charge is 0.480 e. The minimum absolute atomic E-state index is 0.0372. The SMILES string of the molecule is CCS(=O)(=O)N1CCC(N(CC(=O)O)C(=O)c2scnc2C)CC1. The Morgan fingerprint density at radius 3 is 2.50 bits per heavy atom. The van der Waals surface area contributed by atoms with Crippen LogP contribution in [0, 0.1) is 6.92 Å². The van der Waals surface area contributed by atoms with Crippen molar-refractivity contribution < 1.29 is 23.1 Å². The predicted octanol–water partition coefficient (Wildman–Crippen LogP) is 0.792. The average Bonchev–Trinajstić information content (AvgIpc) is 2.98. The molecule has 1 aromatic heterocycles. The van der Waals surface area contributed by atoms with E-state index in [4.69, 9.17) is 5.11 Å². The normalized spacial score (nSPS) is 16.9. The van der Waals surface area contributed by atoms with Crippen molar-refractivity contribution in [3.63, 3.8) is 0 Å². The summed E-state index contributed by atoms with van der Waals surface area (Å²) in [4.78, 5) is 29.7. The van der Waals surface area contributed by atoms with E-state index >= 15 is 0 Å².